The lowest BCUT2D eigenvalue weighted by molar-refractivity contribution is -0.179. The van der Waals surface area contributed by atoms with Crippen molar-refractivity contribution in [2.24, 2.45) is 0 Å². The van der Waals surface area contributed by atoms with Gasteiger partial charge in [0.1, 0.15) is 6.10 Å². The van der Waals surface area contributed by atoms with Gasteiger partial charge in [0.05, 0.1) is 20.3 Å². The lowest BCUT2D eigenvalue weighted by atomic mass is 9.90. The number of methoxy groups -OCH3 is 1. The number of aryl methyl sites for hydroxylation is 1. The van der Waals surface area contributed by atoms with Crippen LogP contribution in [0.5, 0.6) is 11.5 Å². The number of fused-ring (bicyclic) bond motifs is 1. The van der Waals surface area contributed by atoms with Gasteiger partial charge in [0.15, 0.2) is 17.3 Å². The normalized spacial score (nSPS) is 25.1. The van der Waals surface area contributed by atoms with Crippen LogP contribution in [0, 0.1) is 0 Å². The Labute approximate surface area is 155 Å². The van der Waals surface area contributed by atoms with Crippen LogP contribution in [0.25, 0.3) is 0 Å². The summed E-state index contributed by atoms with van der Waals surface area (Å²) in [6.07, 6.45) is 6.51. The van der Waals surface area contributed by atoms with E-state index in [1.165, 1.54) is 5.56 Å². The predicted molar refractivity (Wildman–Crippen MR) is 97.9 cm³/mol. The number of benzene rings is 1. The van der Waals surface area contributed by atoms with E-state index in [0.29, 0.717) is 6.04 Å². The third-order valence-corrected chi connectivity index (χ3v) is 5.50. The Kier molecular flexibility index (Phi) is 6.10. The molecule has 1 N–H and O–H groups in total. The zero-order valence-electron chi connectivity index (χ0n) is 14.8. The zero-order chi connectivity index (χ0) is 16.4. The van der Waals surface area contributed by atoms with Gasteiger partial charge in [0, 0.05) is 25.4 Å². The summed E-state index contributed by atoms with van der Waals surface area (Å²) in [5.41, 5.74) is 1.25. The summed E-state index contributed by atoms with van der Waals surface area (Å²) in [6.45, 7) is 2.38. The molecule has 0 aromatic heterocycles. The van der Waals surface area contributed by atoms with Crippen molar-refractivity contribution in [2.75, 3.05) is 26.9 Å². The molecule has 2 fully saturated rings. The van der Waals surface area contributed by atoms with Crippen molar-refractivity contribution < 1.29 is 18.9 Å². The molecule has 1 spiro atoms. The Morgan fingerprint density at radius 1 is 1.16 bits per heavy atom. The summed E-state index contributed by atoms with van der Waals surface area (Å²) < 4.78 is 23.2. The minimum absolute atomic E-state index is 0. The molecule has 1 aromatic rings. The van der Waals surface area contributed by atoms with Crippen molar-refractivity contribution in [1.29, 1.82) is 0 Å². The highest BCUT2D eigenvalue weighted by molar-refractivity contribution is 5.85. The summed E-state index contributed by atoms with van der Waals surface area (Å²) in [5.74, 6) is 1.49. The minimum Gasteiger partial charge on any atom is -0.493 e. The molecule has 4 rings (SSSR count). The van der Waals surface area contributed by atoms with E-state index in [9.17, 15) is 0 Å². The van der Waals surface area contributed by atoms with Crippen molar-refractivity contribution in [2.45, 2.75) is 56.5 Å². The zero-order valence-corrected chi connectivity index (χ0v) is 15.6. The van der Waals surface area contributed by atoms with E-state index >= 15 is 0 Å². The van der Waals surface area contributed by atoms with E-state index in [-0.39, 0.29) is 24.3 Å². The fourth-order valence-electron chi connectivity index (χ4n) is 4.08. The third-order valence-electron chi connectivity index (χ3n) is 5.50. The second-order valence-corrected chi connectivity index (χ2v) is 7.02. The molecule has 1 unspecified atom stereocenters. The van der Waals surface area contributed by atoms with E-state index in [4.69, 9.17) is 18.9 Å². The SMILES string of the molecule is COc1cccc2c1OC(CNC1CCC3(CC1)OCCO3)CC2.Cl. The molecule has 1 atom stereocenters. The van der Waals surface area contributed by atoms with Crippen LogP contribution in [-0.4, -0.2) is 44.8 Å². The molecule has 0 bridgehead atoms. The summed E-state index contributed by atoms with van der Waals surface area (Å²) in [5, 5.41) is 3.69. The molecular weight excluding hydrogens is 342 g/mol. The van der Waals surface area contributed by atoms with E-state index in [1.54, 1.807) is 7.11 Å². The van der Waals surface area contributed by atoms with Gasteiger partial charge in [-0.05, 0) is 37.3 Å². The number of ether oxygens (including phenoxy) is 4. The van der Waals surface area contributed by atoms with Crippen LogP contribution in [0.2, 0.25) is 0 Å². The molecule has 140 valence electrons. The average molecular weight is 370 g/mol. The van der Waals surface area contributed by atoms with Gasteiger partial charge in [-0.15, -0.1) is 12.4 Å². The van der Waals surface area contributed by atoms with Crippen LogP contribution in [0.4, 0.5) is 0 Å². The highest BCUT2D eigenvalue weighted by Crippen LogP contribution is 2.37. The molecule has 0 radical (unpaired) electrons. The molecule has 1 aliphatic carbocycles. The number of para-hydroxylation sites is 1. The fourth-order valence-corrected chi connectivity index (χ4v) is 4.08. The summed E-state index contributed by atoms with van der Waals surface area (Å²) in [6, 6.07) is 6.66. The molecule has 1 saturated heterocycles. The fraction of sp³-hybridized carbons (Fsp3) is 0.684. The molecule has 6 heteroatoms. The summed E-state index contributed by atoms with van der Waals surface area (Å²) in [4.78, 5) is 0. The van der Waals surface area contributed by atoms with Gasteiger partial charge >= 0.3 is 0 Å². The smallest absolute Gasteiger partial charge is 0.168 e. The van der Waals surface area contributed by atoms with Gasteiger partial charge in [-0.1, -0.05) is 12.1 Å². The molecule has 25 heavy (non-hydrogen) atoms. The standard InChI is InChI=1S/C19H27NO4.ClH/c1-21-17-4-2-3-14-5-6-16(24-18(14)17)13-20-15-7-9-19(10-8-15)22-11-12-23-19;/h2-4,15-16,20H,5-13H2,1H3;1H. The highest BCUT2D eigenvalue weighted by atomic mass is 35.5. The molecule has 0 amide bonds. The summed E-state index contributed by atoms with van der Waals surface area (Å²) >= 11 is 0. The lowest BCUT2D eigenvalue weighted by Gasteiger charge is -2.36. The maximum absolute atomic E-state index is 6.20. The number of rotatable bonds is 4. The summed E-state index contributed by atoms with van der Waals surface area (Å²) in [7, 11) is 1.70. The minimum atomic E-state index is -0.272. The van der Waals surface area contributed by atoms with Crippen molar-refractivity contribution in [1.82, 2.24) is 5.32 Å². The van der Waals surface area contributed by atoms with Crippen molar-refractivity contribution in [3.8, 4) is 11.5 Å². The Hall–Kier alpha value is -1.01. The maximum Gasteiger partial charge on any atom is 0.168 e. The number of halogens is 1. The number of hydrogen-bond acceptors (Lipinski definition) is 5. The maximum atomic E-state index is 6.20. The van der Waals surface area contributed by atoms with E-state index in [1.807, 2.05) is 12.1 Å². The van der Waals surface area contributed by atoms with Crippen molar-refractivity contribution in [3.05, 3.63) is 23.8 Å². The Bertz CT molecular complexity index is 552. The molecular formula is C19H28ClNO4. The molecule has 5 nitrogen and oxygen atoms in total. The number of hydrogen-bond donors (Lipinski definition) is 1. The second kappa shape index (κ2) is 8.12. The van der Waals surface area contributed by atoms with Gasteiger partial charge in [0.25, 0.3) is 0 Å². The van der Waals surface area contributed by atoms with Crippen LogP contribution >= 0.6 is 12.4 Å². The monoisotopic (exact) mass is 369 g/mol. The van der Waals surface area contributed by atoms with Gasteiger partial charge < -0.3 is 24.3 Å². The van der Waals surface area contributed by atoms with E-state index < -0.39 is 0 Å². The van der Waals surface area contributed by atoms with Gasteiger partial charge in [-0.25, -0.2) is 0 Å². The first kappa shape index (κ1) is 18.8. The van der Waals surface area contributed by atoms with E-state index in [0.717, 1.165) is 69.8 Å². The first-order chi connectivity index (χ1) is 11.8. The Morgan fingerprint density at radius 3 is 2.64 bits per heavy atom. The van der Waals surface area contributed by atoms with Crippen LogP contribution in [-0.2, 0) is 15.9 Å². The van der Waals surface area contributed by atoms with Crippen LogP contribution in [0.15, 0.2) is 18.2 Å². The molecule has 1 aromatic carbocycles. The van der Waals surface area contributed by atoms with Crippen LogP contribution in [0.1, 0.15) is 37.7 Å². The Morgan fingerprint density at radius 2 is 1.92 bits per heavy atom. The molecule has 2 heterocycles. The van der Waals surface area contributed by atoms with E-state index in [2.05, 4.69) is 11.4 Å². The largest absolute Gasteiger partial charge is 0.493 e. The first-order valence-corrected chi connectivity index (χ1v) is 9.12. The molecule has 2 aliphatic heterocycles. The second-order valence-electron chi connectivity index (χ2n) is 7.02. The predicted octanol–water partition coefficient (Wildman–Crippen LogP) is 3.09. The van der Waals surface area contributed by atoms with Gasteiger partial charge in [-0.2, -0.15) is 0 Å². The number of nitrogens with one attached hydrogen (secondary N) is 1. The molecule has 1 saturated carbocycles. The average Bonchev–Trinajstić information content (AvgIpc) is 3.09. The highest BCUT2D eigenvalue weighted by Gasteiger charge is 2.40. The quantitative estimate of drug-likeness (QED) is 0.883. The first-order valence-electron chi connectivity index (χ1n) is 9.12. The van der Waals surface area contributed by atoms with Gasteiger partial charge in [-0.3, -0.25) is 0 Å². The van der Waals surface area contributed by atoms with Crippen LogP contribution < -0.4 is 14.8 Å². The Balaban J connectivity index is 0.00000182. The lowest BCUT2D eigenvalue weighted by Crippen LogP contribution is -2.45. The van der Waals surface area contributed by atoms with Crippen molar-refractivity contribution >= 4 is 12.4 Å². The molecule has 3 aliphatic rings. The topological polar surface area (TPSA) is 49.0 Å². The van der Waals surface area contributed by atoms with Gasteiger partial charge in [0.2, 0.25) is 0 Å². The third kappa shape index (κ3) is 4.05. The van der Waals surface area contributed by atoms with Crippen molar-refractivity contribution in [3.63, 3.8) is 0 Å². The van der Waals surface area contributed by atoms with Crippen LogP contribution in [0.3, 0.4) is 0 Å².